The number of carbonyl (C=O) groups is 1. The van der Waals surface area contributed by atoms with Gasteiger partial charge in [-0.25, -0.2) is 12.8 Å². The summed E-state index contributed by atoms with van der Waals surface area (Å²) >= 11 is 0. The molecule has 0 unspecified atom stereocenters. The molecule has 0 amide bonds. The van der Waals surface area contributed by atoms with E-state index in [1.807, 2.05) is 0 Å². The molecule has 2 aromatic rings. The van der Waals surface area contributed by atoms with Crippen molar-refractivity contribution in [2.24, 2.45) is 0 Å². The normalized spacial score (nSPS) is 11.2. The summed E-state index contributed by atoms with van der Waals surface area (Å²) in [6.45, 7) is 2.98. The molecular weight excluding hydrogens is 293 g/mol. The van der Waals surface area contributed by atoms with Crippen molar-refractivity contribution in [3.8, 4) is 0 Å². The largest absolute Gasteiger partial charge is 0.295 e. The Bertz CT molecular complexity index is 800. The van der Waals surface area contributed by atoms with Gasteiger partial charge in [0, 0.05) is 11.3 Å². The SMILES string of the molecule is CC(=O)c1cccc(NS(=O)(=O)c2cc(F)ccc2C)c1. The van der Waals surface area contributed by atoms with Crippen molar-refractivity contribution >= 4 is 21.5 Å². The van der Waals surface area contributed by atoms with Gasteiger partial charge in [0.2, 0.25) is 0 Å². The van der Waals surface area contributed by atoms with E-state index < -0.39 is 15.8 Å². The van der Waals surface area contributed by atoms with Crippen LogP contribution in [0.1, 0.15) is 22.8 Å². The van der Waals surface area contributed by atoms with E-state index in [2.05, 4.69) is 4.72 Å². The highest BCUT2D eigenvalue weighted by Gasteiger charge is 2.18. The molecule has 1 N–H and O–H groups in total. The van der Waals surface area contributed by atoms with Crippen molar-refractivity contribution in [3.63, 3.8) is 0 Å². The molecule has 2 rings (SSSR count). The molecule has 0 heterocycles. The zero-order chi connectivity index (χ0) is 15.6. The molecule has 110 valence electrons. The van der Waals surface area contributed by atoms with Gasteiger partial charge in [-0.2, -0.15) is 0 Å². The average Bonchev–Trinajstić information content (AvgIpc) is 2.41. The molecule has 6 heteroatoms. The minimum Gasteiger partial charge on any atom is -0.295 e. The molecule has 0 atom stereocenters. The second kappa shape index (κ2) is 5.65. The van der Waals surface area contributed by atoms with Crippen molar-refractivity contribution in [2.45, 2.75) is 18.7 Å². The van der Waals surface area contributed by atoms with Gasteiger partial charge in [-0.15, -0.1) is 0 Å². The zero-order valence-electron chi connectivity index (χ0n) is 11.6. The molecule has 2 aromatic carbocycles. The number of nitrogens with one attached hydrogen (secondary N) is 1. The molecule has 0 fully saturated rings. The summed E-state index contributed by atoms with van der Waals surface area (Å²) in [6.07, 6.45) is 0. The molecular formula is C15H14FNO3S. The minimum absolute atomic E-state index is 0.129. The number of rotatable bonds is 4. The number of halogens is 1. The quantitative estimate of drug-likeness (QED) is 0.883. The summed E-state index contributed by atoms with van der Waals surface area (Å²) in [7, 11) is -3.91. The van der Waals surface area contributed by atoms with E-state index in [-0.39, 0.29) is 16.4 Å². The molecule has 0 bridgehead atoms. The third-order valence-corrected chi connectivity index (χ3v) is 4.48. The first-order valence-corrected chi connectivity index (χ1v) is 7.68. The van der Waals surface area contributed by atoms with E-state index in [9.17, 15) is 17.6 Å². The van der Waals surface area contributed by atoms with Crippen molar-refractivity contribution in [1.82, 2.24) is 0 Å². The molecule has 0 radical (unpaired) electrons. The second-order valence-electron chi connectivity index (χ2n) is 4.65. The number of aryl methyl sites for hydroxylation is 1. The van der Waals surface area contributed by atoms with E-state index in [1.165, 1.54) is 31.2 Å². The van der Waals surface area contributed by atoms with Crippen LogP contribution in [-0.4, -0.2) is 14.2 Å². The molecule has 0 saturated heterocycles. The number of anilines is 1. The maximum Gasteiger partial charge on any atom is 0.262 e. The van der Waals surface area contributed by atoms with E-state index in [0.29, 0.717) is 11.1 Å². The lowest BCUT2D eigenvalue weighted by atomic mass is 10.1. The van der Waals surface area contributed by atoms with Crippen LogP contribution in [0.5, 0.6) is 0 Å². The van der Waals surface area contributed by atoms with E-state index >= 15 is 0 Å². The number of carbonyl (C=O) groups excluding carboxylic acids is 1. The number of ketones is 1. The van der Waals surface area contributed by atoms with Gasteiger partial charge >= 0.3 is 0 Å². The highest BCUT2D eigenvalue weighted by Crippen LogP contribution is 2.21. The standard InChI is InChI=1S/C15H14FNO3S/c1-10-6-7-13(16)9-15(10)21(19,20)17-14-5-3-4-12(8-14)11(2)18/h3-9,17H,1-2H3. The average molecular weight is 307 g/mol. The third kappa shape index (κ3) is 3.46. The molecule has 0 aliphatic rings. The van der Waals surface area contributed by atoms with Gasteiger partial charge in [0.25, 0.3) is 10.0 Å². The van der Waals surface area contributed by atoms with Crippen molar-refractivity contribution in [1.29, 1.82) is 0 Å². The number of benzene rings is 2. The highest BCUT2D eigenvalue weighted by atomic mass is 32.2. The van der Waals surface area contributed by atoms with E-state index in [0.717, 1.165) is 6.07 Å². The monoisotopic (exact) mass is 307 g/mol. The Morgan fingerprint density at radius 2 is 1.86 bits per heavy atom. The van der Waals surface area contributed by atoms with Crippen LogP contribution >= 0.6 is 0 Å². The predicted octanol–water partition coefficient (Wildman–Crippen LogP) is 3.14. The minimum atomic E-state index is -3.91. The fourth-order valence-electron chi connectivity index (χ4n) is 1.88. The first-order chi connectivity index (χ1) is 9.79. The third-order valence-electron chi connectivity index (χ3n) is 2.96. The maximum absolute atomic E-state index is 13.2. The highest BCUT2D eigenvalue weighted by molar-refractivity contribution is 7.92. The van der Waals surface area contributed by atoms with Crippen molar-refractivity contribution < 1.29 is 17.6 Å². The summed E-state index contributed by atoms with van der Waals surface area (Å²) in [5, 5.41) is 0. The smallest absolute Gasteiger partial charge is 0.262 e. The van der Waals surface area contributed by atoms with Gasteiger partial charge in [-0.1, -0.05) is 18.2 Å². The van der Waals surface area contributed by atoms with Gasteiger partial charge in [0.1, 0.15) is 5.82 Å². The molecule has 0 spiro atoms. The lowest BCUT2D eigenvalue weighted by molar-refractivity contribution is 0.101. The Hall–Kier alpha value is -2.21. The topological polar surface area (TPSA) is 63.2 Å². The number of hydrogen-bond donors (Lipinski definition) is 1. The van der Waals surface area contributed by atoms with Gasteiger partial charge < -0.3 is 0 Å². The summed E-state index contributed by atoms with van der Waals surface area (Å²) < 4.78 is 40.2. The fourth-order valence-corrected chi connectivity index (χ4v) is 3.18. The molecule has 0 saturated carbocycles. The van der Waals surface area contributed by atoms with Gasteiger partial charge in [-0.3, -0.25) is 9.52 Å². The lowest BCUT2D eigenvalue weighted by Crippen LogP contribution is -2.14. The van der Waals surface area contributed by atoms with Gasteiger partial charge in [-0.05, 0) is 43.7 Å². The second-order valence-corrected chi connectivity index (χ2v) is 6.30. The number of sulfonamides is 1. The molecule has 0 aromatic heterocycles. The van der Waals surface area contributed by atoms with Gasteiger partial charge in [0.15, 0.2) is 5.78 Å². The molecule has 21 heavy (non-hydrogen) atoms. The van der Waals surface area contributed by atoms with Crippen molar-refractivity contribution in [2.75, 3.05) is 4.72 Å². The Kier molecular flexibility index (Phi) is 4.09. The first kappa shape index (κ1) is 15.2. The Balaban J connectivity index is 2.40. The van der Waals surface area contributed by atoms with Crippen LogP contribution in [0.25, 0.3) is 0 Å². The summed E-state index contributed by atoms with van der Waals surface area (Å²) in [5.74, 6) is -0.795. The maximum atomic E-state index is 13.2. The van der Waals surface area contributed by atoms with Crippen LogP contribution in [-0.2, 0) is 10.0 Å². The molecule has 0 aliphatic carbocycles. The first-order valence-electron chi connectivity index (χ1n) is 6.19. The van der Waals surface area contributed by atoms with E-state index in [1.54, 1.807) is 19.1 Å². The van der Waals surface area contributed by atoms with Crippen LogP contribution < -0.4 is 4.72 Å². The Morgan fingerprint density at radius 3 is 2.52 bits per heavy atom. The van der Waals surface area contributed by atoms with Crippen LogP contribution in [0, 0.1) is 12.7 Å². The molecule has 4 nitrogen and oxygen atoms in total. The number of hydrogen-bond acceptors (Lipinski definition) is 3. The predicted molar refractivity (Wildman–Crippen MR) is 78.4 cm³/mol. The van der Waals surface area contributed by atoms with E-state index in [4.69, 9.17) is 0 Å². The summed E-state index contributed by atoms with van der Waals surface area (Å²) in [6, 6.07) is 9.70. The summed E-state index contributed by atoms with van der Waals surface area (Å²) in [4.78, 5) is 11.2. The van der Waals surface area contributed by atoms with Gasteiger partial charge in [0.05, 0.1) is 4.90 Å². The number of Topliss-reactive ketones (excluding diaryl/α,β-unsaturated/α-hetero) is 1. The Morgan fingerprint density at radius 1 is 1.14 bits per heavy atom. The zero-order valence-corrected chi connectivity index (χ0v) is 12.4. The van der Waals surface area contributed by atoms with Crippen LogP contribution in [0.15, 0.2) is 47.4 Å². The fraction of sp³-hybridized carbons (Fsp3) is 0.133. The van der Waals surface area contributed by atoms with Crippen LogP contribution in [0.4, 0.5) is 10.1 Å². The lowest BCUT2D eigenvalue weighted by Gasteiger charge is -2.11. The van der Waals surface area contributed by atoms with Crippen molar-refractivity contribution in [3.05, 3.63) is 59.4 Å². The summed E-state index contributed by atoms with van der Waals surface area (Å²) in [5.41, 5.74) is 1.09. The van der Waals surface area contributed by atoms with Crippen LogP contribution in [0.2, 0.25) is 0 Å². The Labute approximate surface area is 122 Å². The van der Waals surface area contributed by atoms with Crippen LogP contribution in [0.3, 0.4) is 0 Å². The molecule has 0 aliphatic heterocycles.